The first-order valence-corrected chi connectivity index (χ1v) is 22.5. The van der Waals surface area contributed by atoms with Gasteiger partial charge < -0.3 is 10.0 Å². The maximum absolute atomic E-state index is 12.5. The summed E-state index contributed by atoms with van der Waals surface area (Å²) in [5.74, 6) is 2.49. The zero-order valence-electron chi connectivity index (χ0n) is 40.3. The molecule has 0 fully saturated rings. The van der Waals surface area contributed by atoms with Crippen molar-refractivity contribution in [2.24, 2.45) is 0 Å². The van der Waals surface area contributed by atoms with E-state index in [9.17, 15) is 5.11 Å². The molecule has 0 radical (unpaired) electrons. The minimum atomic E-state index is -0.332. The number of pyridine rings is 2. The molecule has 65 heavy (non-hydrogen) atoms. The van der Waals surface area contributed by atoms with E-state index in [2.05, 4.69) is 214 Å². The zero-order chi connectivity index (χ0) is 45.9. The van der Waals surface area contributed by atoms with Crippen molar-refractivity contribution in [3.8, 4) is 56.3 Å². The van der Waals surface area contributed by atoms with Crippen LogP contribution in [0.15, 0.2) is 140 Å². The van der Waals surface area contributed by atoms with Crippen LogP contribution in [0, 0.1) is 0 Å². The Bertz CT molecular complexity index is 3000. The van der Waals surface area contributed by atoms with Crippen molar-refractivity contribution in [1.82, 2.24) is 19.5 Å². The summed E-state index contributed by atoms with van der Waals surface area (Å²) in [6, 6.07) is 47.1. The van der Waals surface area contributed by atoms with E-state index < -0.39 is 0 Å². The first-order chi connectivity index (χ1) is 30.1. The van der Waals surface area contributed by atoms with Gasteiger partial charge in [0.05, 0.1) is 28.0 Å². The molecule has 0 aliphatic carbocycles. The second kappa shape index (κ2) is 17.5. The van der Waals surface area contributed by atoms with Crippen LogP contribution in [-0.4, -0.2) is 31.7 Å². The second-order valence-corrected chi connectivity index (χ2v) is 21.4. The summed E-state index contributed by atoms with van der Waals surface area (Å²) < 4.78 is 2.27. The van der Waals surface area contributed by atoms with Gasteiger partial charge in [-0.15, -0.1) is 0 Å². The van der Waals surface area contributed by atoms with Crippen molar-refractivity contribution in [1.29, 1.82) is 0 Å². The molecule has 0 spiro atoms. The van der Waals surface area contributed by atoms with Gasteiger partial charge in [-0.1, -0.05) is 168 Å². The number of anilines is 2. The Labute approximate surface area is 401 Å². The second-order valence-electron chi connectivity index (χ2n) is 21.4. The van der Waals surface area contributed by atoms with Gasteiger partial charge >= 0.3 is 0 Å². The monoisotopic (exact) mass is 1040 g/mol. The predicted molar refractivity (Wildman–Crippen MR) is 269 cm³/mol. The van der Waals surface area contributed by atoms with E-state index in [1.165, 1.54) is 5.56 Å². The molecule has 5 aromatic carbocycles. The fourth-order valence-corrected chi connectivity index (χ4v) is 8.37. The summed E-state index contributed by atoms with van der Waals surface area (Å²) in [5, 5.41) is 12.5. The van der Waals surface area contributed by atoms with Crippen LogP contribution in [0.4, 0.5) is 11.6 Å². The topological polar surface area (TPSA) is 67.1 Å². The fraction of sp³-hybridized carbons (Fsp3) is 0.293. The van der Waals surface area contributed by atoms with Gasteiger partial charge in [0.15, 0.2) is 0 Å². The van der Waals surface area contributed by atoms with E-state index in [0.29, 0.717) is 11.4 Å². The number of nitrogens with zero attached hydrogens (tertiary/aromatic N) is 5. The summed E-state index contributed by atoms with van der Waals surface area (Å²) in [7, 11) is 2.03. The molecular formula is C58H63N5OPt. The average Bonchev–Trinajstić information content (AvgIpc) is 3.64. The summed E-state index contributed by atoms with van der Waals surface area (Å²) in [5.41, 5.74) is 13.1. The molecule has 7 heteroatoms. The van der Waals surface area contributed by atoms with Gasteiger partial charge in [-0.05, 0) is 104 Å². The number of rotatable bonds is 7. The molecule has 1 N–H and O–H groups in total. The van der Waals surface area contributed by atoms with Crippen molar-refractivity contribution in [3.05, 3.63) is 162 Å². The van der Waals surface area contributed by atoms with Crippen LogP contribution in [0.3, 0.4) is 0 Å². The molecule has 6 nitrogen and oxygen atoms in total. The molecular weight excluding hydrogens is 978 g/mol. The average molecular weight is 1040 g/mol. The SMILES string of the molecule is CN(c1cc(-c2ccccc2)ccn1)c1cc(C(C)(C)C)cc(-c2cccc3c2nc(-c2cc(C(C)(C)C)cc(C(C)(C)C)c2O)n3-c2ccc(C(C)(C)C)cc2-c2ccccc2)n1.[Pt]. The quantitative estimate of drug-likeness (QED) is 0.172. The number of imidazole rings is 1. The standard InChI is InChI=1S/C58H63N5O.Pt/c1-55(2,3)40-27-28-48(44(32-40)38-23-18-15-19-24-38)63-49-26-20-25-43(52(49)61-54(63)45-33-41(56(4,5)6)34-46(53(45)64)58(10,11)12)47-35-42(57(7,8)9)36-51(60-47)62(13)50-31-39(29-30-59-50)37-21-16-14-17-22-37;/h14-36,64H,1-13H3;. The fourth-order valence-electron chi connectivity index (χ4n) is 8.37. The Morgan fingerprint density at radius 1 is 0.492 bits per heavy atom. The summed E-state index contributed by atoms with van der Waals surface area (Å²) >= 11 is 0. The minimum absolute atomic E-state index is 0. The number of fused-ring (bicyclic) bond motifs is 1. The number of aromatic hydroxyl groups is 1. The Balaban J connectivity index is 0.00000630. The third kappa shape index (κ3) is 9.47. The largest absolute Gasteiger partial charge is 0.507 e. The van der Waals surface area contributed by atoms with Crippen molar-refractivity contribution < 1.29 is 26.2 Å². The smallest absolute Gasteiger partial charge is 0.149 e. The van der Waals surface area contributed by atoms with Gasteiger partial charge in [-0.25, -0.2) is 15.0 Å². The number of hydrogen-bond donors (Lipinski definition) is 1. The summed E-state index contributed by atoms with van der Waals surface area (Å²) in [6.45, 7) is 26.6. The van der Waals surface area contributed by atoms with Crippen molar-refractivity contribution in [2.45, 2.75) is 105 Å². The van der Waals surface area contributed by atoms with Gasteiger partial charge in [-0.3, -0.25) is 4.57 Å². The van der Waals surface area contributed by atoms with E-state index in [1.54, 1.807) is 0 Å². The van der Waals surface area contributed by atoms with Crippen LogP contribution in [-0.2, 0) is 42.7 Å². The molecule has 0 saturated carbocycles. The van der Waals surface area contributed by atoms with Crippen molar-refractivity contribution >= 4 is 22.7 Å². The Morgan fingerprint density at radius 2 is 1.09 bits per heavy atom. The minimum Gasteiger partial charge on any atom is -0.507 e. The first-order valence-electron chi connectivity index (χ1n) is 22.5. The Morgan fingerprint density at radius 3 is 1.71 bits per heavy atom. The first kappa shape index (κ1) is 47.1. The summed E-state index contributed by atoms with van der Waals surface area (Å²) in [4.78, 5) is 18.0. The number of para-hydroxylation sites is 1. The maximum Gasteiger partial charge on any atom is 0.149 e. The number of phenols is 1. The van der Waals surface area contributed by atoms with Crippen LogP contribution < -0.4 is 4.90 Å². The molecule has 3 heterocycles. The van der Waals surface area contributed by atoms with Crippen LogP contribution >= 0.6 is 0 Å². The molecule has 8 aromatic rings. The van der Waals surface area contributed by atoms with E-state index in [4.69, 9.17) is 15.0 Å². The number of aromatic nitrogens is 4. The molecule has 0 aliphatic rings. The van der Waals surface area contributed by atoms with Crippen LogP contribution in [0.1, 0.15) is 105 Å². The third-order valence-corrected chi connectivity index (χ3v) is 12.4. The molecule has 0 aliphatic heterocycles. The van der Waals surface area contributed by atoms with E-state index in [1.807, 2.05) is 25.4 Å². The molecule has 0 bridgehead atoms. The van der Waals surface area contributed by atoms with E-state index in [-0.39, 0.29) is 48.5 Å². The van der Waals surface area contributed by atoms with Gasteiger partial charge in [0.1, 0.15) is 23.2 Å². The molecule has 8 rings (SSSR count). The number of benzene rings is 5. The van der Waals surface area contributed by atoms with E-state index in [0.717, 1.165) is 78.6 Å². The van der Waals surface area contributed by atoms with Crippen molar-refractivity contribution in [2.75, 3.05) is 11.9 Å². The normalized spacial score (nSPS) is 12.3. The number of hydrogen-bond acceptors (Lipinski definition) is 5. The Hall–Kier alpha value is -5.84. The molecule has 0 unspecified atom stereocenters. The summed E-state index contributed by atoms with van der Waals surface area (Å²) in [6.07, 6.45) is 1.87. The van der Waals surface area contributed by atoms with Crippen LogP contribution in [0.5, 0.6) is 5.75 Å². The Kier molecular flexibility index (Phi) is 12.7. The number of phenolic OH excluding ortho intramolecular Hbond substituents is 1. The maximum atomic E-state index is 12.5. The predicted octanol–water partition coefficient (Wildman–Crippen LogP) is 15.1. The van der Waals surface area contributed by atoms with Crippen LogP contribution in [0.25, 0.3) is 61.6 Å². The molecule has 0 atom stereocenters. The third-order valence-electron chi connectivity index (χ3n) is 12.4. The van der Waals surface area contributed by atoms with Gasteiger partial charge in [0.25, 0.3) is 0 Å². The van der Waals surface area contributed by atoms with E-state index >= 15 is 0 Å². The van der Waals surface area contributed by atoms with Crippen LogP contribution in [0.2, 0.25) is 0 Å². The van der Waals surface area contributed by atoms with Gasteiger partial charge in [0, 0.05) is 51.0 Å². The van der Waals surface area contributed by atoms with Crippen molar-refractivity contribution in [3.63, 3.8) is 0 Å². The molecule has 336 valence electrons. The molecule has 0 amide bonds. The molecule has 0 saturated heterocycles. The van der Waals surface area contributed by atoms with Gasteiger partial charge in [-0.2, -0.15) is 0 Å². The molecule has 3 aromatic heterocycles. The zero-order valence-corrected chi connectivity index (χ0v) is 42.6. The van der Waals surface area contributed by atoms with Gasteiger partial charge in [0.2, 0.25) is 0 Å².